The standard InChI is InChI=1S/C36H42FN3O2S/c1-5-27(4)21-29(24-38-26(2)3)25-40(36(41)20-17-28-11-7-6-8-12-28)32-19-18-30-13-9-16-35(34(30)23-32)39-43(42)33-15-10-14-31(37)22-33/h6-8,10-12,14-15,18-19,21-24,35,39H,5,9,13,16-17,20,25H2,1-4H3/b27-21?,29-24+. The van der Waals surface area contributed by atoms with Gasteiger partial charge in [-0.3, -0.25) is 9.79 Å². The van der Waals surface area contributed by atoms with Gasteiger partial charge in [-0.25, -0.2) is 13.3 Å². The Hall–Kier alpha value is -3.68. The van der Waals surface area contributed by atoms with Crippen LogP contribution in [0.4, 0.5) is 10.1 Å². The van der Waals surface area contributed by atoms with Crippen molar-refractivity contribution in [3.05, 3.63) is 119 Å². The van der Waals surface area contributed by atoms with Gasteiger partial charge in [0.25, 0.3) is 0 Å². The summed E-state index contributed by atoms with van der Waals surface area (Å²) in [6, 6.07) is 21.9. The lowest BCUT2D eigenvalue weighted by molar-refractivity contribution is -0.118. The van der Waals surface area contributed by atoms with Crippen molar-refractivity contribution in [1.82, 2.24) is 4.72 Å². The maximum absolute atomic E-state index is 13.9. The predicted molar refractivity (Wildman–Crippen MR) is 176 cm³/mol. The maximum Gasteiger partial charge on any atom is 0.227 e. The van der Waals surface area contributed by atoms with Crippen LogP contribution >= 0.6 is 0 Å². The zero-order valence-corrected chi connectivity index (χ0v) is 26.4. The second kappa shape index (κ2) is 15.7. The monoisotopic (exact) mass is 599 g/mol. The molecular formula is C36H42FN3O2S. The number of anilines is 1. The molecule has 43 heavy (non-hydrogen) atoms. The van der Waals surface area contributed by atoms with Gasteiger partial charge < -0.3 is 4.90 Å². The molecule has 2 atom stereocenters. The van der Waals surface area contributed by atoms with Gasteiger partial charge in [0.2, 0.25) is 5.91 Å². The van der Waals surface area contributed by atoms with E-state index in [1.165, 1.54) is 23.3 Å². The van der Waals surface area contributed by atoms with Gasteiger partial charge in [0, 0.05) is 30.1 Å². The number of aryl methyl sites for hydroxylation is 2. The molecule has 0 aromatic heterocycles. The van der Waals surface area contributed by atoms with Gasteiger partial charge in [0.15, 0.2) is 0 Å². The Morgan fingerprint density at radius 3 is 2.58 bits per heavy atom. The van der Waals surface area contributed by atoms with Gasteiger partial charge in [-0.15, -0.1) is 0 Å². The van der Waals surface area contributed by atoms with E-state index in [0.29, 0.717) is 24.3 Å². The highest BCUT2D eigenvalue weighted by Gasteiger charge is 2.25. The molecule has 0 saturated heterocycles. The van der Waals surface area contributed by atoms with Crippen LogP contribution in [0.5, 0.6) is 0 Å². The van der Waals surface area contributed by atoms with Gasteiger partial charge >= 0.3 is 0 Å². The molecule has 1 aliphatic carbocycles. The third kappa shape index (κ3) is 9.40. The molecule has 0 saturated carbocycles. The first-order chi connectivity index (χ1) is 20.7. The highest BCUT2D eigenvalue weighted by atomic mass is 32.2. The van der Waals surface area contributed by atoms with E-state index in [1.54, 1.807) is 12.1 Å². The maximum atomic E-state index is 13.9. The summed E-state index contributed by atoms with van der Waals surface area (Å²) in [6.45, 7) is 8.50. The number of nitrogens with zero attached hydrogens (tertiary/aromatic N) is 2. The van der Waals surface area contributed by atoms with E-state index in [9.17, 15) is 13.4 Å². The van der Waals surface area contributed by atoms with Gasteiger partial charge in [-0.2, -0.15) is 0 Å². The number of amides is 1. The molecule has 0 bridgehead atoms. The average molecular weight is 600 g/mol. The van der Waals surface area contributed by atoms with E-state index >= 15 is 0 Å². The Morgan fingerprint density at radius 1 is 1.07 bits per heavy atom. The summed E-state index contributed by atoms with van der Waals surface area (Å²) in [5.74, 6) is -0.388. The smallest absolute Gasteiger partial charge is 0.227 e. The number of allylic oxidation sites excluding steroid dienone is 1. The van der Waals surface area contributed by atoms with Crippen molar-refractivity contribution in [2.24, 2.45) is 4.99 Å². The molecule has 3 aromatic rings. The minimum absolute atomic E-state index is 0.0260. The number of hydrogen-bond acceptors (Lipinski definition) is 3. The van der Waals surface area contributed by atoms with E-state index < -0.39 is 16.8 Å². The van der Waals surface area contributed by atoms with Crippen LogP contribution in [-0.2, 0) is 28.6 Å². The Labute approximate surface area is 258 Å². The molecule has 5 nitrogen and oxygen atoms in total. The summed E-state index contributed by atoms with van der Waals surface area (Å²) >= 11 is 0. The number of rotatable bonds is 12. The fraction of sp³-hybridized carbons (Fsp3) is 0.333. The molecule has 2 unspecified atom stereocenters. The molecule has 0 heterocycles. The lowest BCUT2D eigenvalue weighted by atomic mass is 9.87. The van der Waals surface area contributed by atoms with Crippen LogP contribution in [0.15, 0.2) is 106 Å². The second-order valence-corrected chi connectivity index (χ2v) is 12.5. The van der Waals surface area contributed by atoms with E-state index in [4.69, 9.17) is 0 Å². The molecule has 0 radical (unpaired) electrons. The fourth-order valence-corrected chi connectivity index (χ4v) is 6.21. The summed E-state index contributed by atoms with van der Waals surface area (Å²) in [4.78, 5) is 20.8. The lowest BCUT2D eigenvalue weighted by Crippen LogP contribution is -2.33. The van der Waals surface area contributed by atoms with E-state index in [1.807, 2.05) is 61.3 Å². The third-order valence-electron chi connectivity index (χ3n) is 7.61. The van der Waals surface area contributed by atoms with Crippen molar-refractivity contribution in [1.29, 1.82) is 0 Å². The molecule has 0 aliphatic heterocycles. The summed E-state index contributed by atoms with van der Waals surface area (Å²) in [7, 11) is -1.58. The Balaban J connectivity index is 1.68. The normalized spacial score (nSPS) is 15.9. The molecular weight excluding hydrogens is 557 g/mol. The highest BCUT2D eigenvalue weighted by molar-refractivity contribution is 7.83. The van der Waals surface area contributed by atoms with Crippen molar-refractivity contribution in [3.63, 3.8) is 0 Å². The van der Waals surface area contributed by atoms with Crippen LogP contribution in [0.2, 0.25) is 0 Å². The van der Waals surface area contributed by atoms with Gasteiger partial charge in [-0.1, -0.05) is 61.0 Å². The number of carbonyl (C=O) groups is 1. The van der Waals surface area contributed by atoms with Crippen LogP contribution < -0.4 is 9.62 Å². The highest BCUT2D eigenvalue weighted by Crippen LogP contribution is 2.34. The van der Waals surface area contributed by atoms with E-state index in [-0.39, 0.29) is 11.9 Å². The van der Waals surface area contributed by atoms with Crippen LogP contribution in [0, 0.1) is 5.82 Å². The van der Waals surface area contributed by atoms with Crippen LogP contribution in [0.3, 0.4) is 0 Å². The number of nitrogens with one attached hydrogen (secondary N) is 1. The van der Waals surface area contributed by atoms with Gasteiger partial charge in [0.1, 0.15) is 16.8 Å². The SMILES string of the molecule is CCC(C)=C/C(=C\N=C(C)C)CN(C(=O)CCc1ccccc1)c1ccc2c(c1)C(NS(=O)c1cccc(F)c1)CCC2. The molecule has 226 valence electrons. The lowest BCUT2D eigenvalue weighted by Gasteiger charge is -2.29. The zero-order chi connectivity index (χ0) is 30.8. The van der Waals surface area contributed by atoms with Crippen molar-refractivity contribution in [3.8, 4) is 0 Å². The largest absolute Gasteiger partial charge is 0.308 e. The summed E-state index contributed by atoms with van der Waals surface area (Å²) in [5, 5.41) is 0. The van der Waals surface area contributed by atoms with Gasteiger partial charge in [0.05, 0.1) is 11.4 Å². The molecule has 0 fully saturated rings. The molecule has 4 rings (SSSR count). The van der Waals surface area contributed by atoms with E-state index in [2.05, 4.69) is 41.8 Å². The molecule has 3 aromatic carbocycles. The fourth-order valence-electron chi connectivity index (χ4n) is 5.15. The van der Waals surface area contributed by atoms with Crippen LogP contribution in [0.25, 0.3) is 0 Å². The molecule has 7 heteroatoms. The number of fused-ring (bicyclic) bond motifs is 1. The number of benzene rings is 3. The molecule has 1 N–H and O–H groups in total. The summed E-state index contributed by atoms with van der Waals surface area (Å²) < 4.78 is 30.2. The molecule has 0 spiro atoms. The van der Waals surface area contributed by atoms with Crippen molar-refractivity contribution in [2.75, 3.05) is 11.4 Å². The van der Waals surface area contributed by atoms with Crippen LogP contribution in [0.1, 0.15) is 76.1 Å². The number of halogens is 1. The van der Waals surface area contributed by atoms with Crippen molar-refractivity contribution in [2.45, 2.75) is 77.2 Å². The number of carbonyl (C=O) groups excluding carboxylic acids is 1. The number of hydrogen-bond donors (Lipinski definition) is 1. The molecule has 1 amide bonds. The quantitative estimate of drug-likeness (QED) is 0.169. The first kappa shape index (κ1) is 32.2. The first-order valence-electron chi connectivity index (χ1n) is 15.0. The average Bonchev–Trinajstić information content (AvgIpc) is 3.01. The Bertz CT molecular complexity index is 1530. The van der Waals surface area contributed by atoms with Gasteiger partial charge in [-0.05, 0) is 105 Å². The number of aliphatic imine (C=N–C) groups is 1. The predicted octanol–water partition coefficient (Wildman–Crippen LogP) is 8.20. The first-order valence-corrected chi connectivity index (χ1v) is 16.2. The second-order valence-electron chi connectivity index (χ2n) is 11.3. The van der Waals surface area contributed by atoms with Crippen LogP contribution in [-0.4, -0.2) is 22.4 Å². The minimum atomic E-state index is -1.58. The topological polar surface area (TPSA) is 61.8 Å². The third-order valence-corrected chi connectivity index (χ3v) is 8.79. The molecule has 1 aliphatic rings. The zero-order valence-electron chi connectivity index (χ0n) is 25.6. The van der Waals surface area contributed by atoms with Crippen molar-refractivity contribution >= 4 is 28.3 Å². The van der Waals surface area contributed by atoms with E-state index in [0.717, 1.165) is 53.8 Å². The Kier molecular flexibility index (Phi) is 11.8. The minimum Gasteiger partial charge on any atom is -0.308 e. The van der Waals surface area contributed by atoms with Crippen molar-refractivity contribution < 1.29 is 13.4 Å². The summed E-state index contributed by atoms with van der Waals surface area (Å²) in [6.07, 6.45) is 8.56. The summed E-state index contributed by atoms with van der Waals surface area (Å²) in [5.41, 5.74) is 7.22. The Morgan fingerprint density at radius 2 is 1.86 bits per heavy atom.